The molecule has 0 saturated heterocycles. The van der Waals surface area contributed by atoms with Gasteiger partial charge < -0.3 is 14.4 Å². The van der Waals surface area contributed by atoms with Crippen LogP contribution in [0.5, 0.6) is 0 Å². The molecule has 2 aromatic carbocycles. The Morgan fingerprint density at radius 3 is 2.59 bits per heavy atom. The van der Waals surface area contributed by atoms with Gasteiger partial charge in [-0.25, -0.2) is 4.39 Å². The zero-order valence-corrected chi connectivity index (χ0v) is 18.8. The molecule has 0 spiro atoms. The van der Waals surface area contributed by atoms with Crippen molar-refractivity contribution in [2.24, 2.45) is 0 Å². The number of aromatic nitrogens is 1. The lowest BCUT2D eigenvalue weighted by Gasteiger charge is -2.39. The predicted molar refractivity (Wildman–Crippen MR) is 122 cm³/mol. The minimum absolute atomic E-state index is 0.0739. The lowest BCUT2D eigenvalue weighted by Crippen LogP contribution is -2.49. The van der Waals surface area contributed by atoms with Crippen molar-refractivity contribution >= 4 is 23.4 Å². The van der Waals surface area contributed by atoms with Gasteiger partial charge in [0.2, 0.25) is 5.91 Å². The third-order valence-corrected chi connectivity index (χ3v) is 6.02. The minimum atomic E-state index is -0.419. The highest BCUT2D eigenvalue weighted by Crippen LogP contribution is 2.33. The Kier molecular flexibility index (Phi) is 6.33. The Bertz CT molecular complexity index is 1140. The molecule has 0 fully saturated rings. The number of halogens is 2. The first-order valence-corrected chi connectivity index (χ1v) is 11.0. The molecule has 2 amide bonds. The molecule has 0 bridgehead atoms. The van der Waals surface area contributed by atoms with Gasteiger partial charge in [0.25, 0.3) is 5.91 Å². The summed E-state index contributed by atoms with van der Waals surface area (Å²) in [6.45, 7) is 4.79. The van der Waals surface area contributed by atoms with Gasteiger partial charge in [0.1, 0.15) is 12.4 Å². The summed E-state index contributed by atoms with van der Waals surface area (Å²) in [5, 5.41) is 0.467. The fourth-order valence-corrected chi connectivity index (χ4v) is 4.38. The topological polar surface area (TPSA) is 45.6 Å². The van der Waals surface area contributed by atoms with E-state index >= 15 is 0 Å². The van der Waals surface area contributed by atoms with Crippen LogP contribution in [0.2, 0.25) is 5.02 Å². The fourth-order valence-electron chi connectivity index (χ4n) is 4.19. The number of carbonyl (C=O) groups excluding carboxylic acids is 2. The van der Waals surface area contributed by atoms with E-state index in [0.29, 0.717) is 29.2 Å². The summed E-state index contributed by atoms with van der Waals surface area (Å²) in [5.74, 6) is -0.784. The molecule has 0 aliphatic carbocycles. The molecule has 7 heteroatoms. The van der Waals surface area contributed by atoms with Gasteiger partial charge in [-0.2, -0.15) is 0 Å². The number of hydrogen-bond acceptors (Lipinski definition) is 2. The Balaban J connectivity index is 1.63. The van der Waals surface area contributed by atoms with Crippen molar-refractivity contribution in [2.45, 2.75) is 32.5 Å². The van der Waals surface area contributed by atoms with Crippen LogP contribution in [-0.4, -0.2) is 45.3 Å². The van der Waals surface area contributed by atoms with E-state index in [1.165, 1.54) is 12.1 Å². The van der Waals surface area contributed by atoms with Gasteiger partial charge >= 0.3 is 0 Å². The molecule has 0 saturated carbocycles. The summed E-state index contributed by atoms with van der Waals surface area (Å²) < 4.78 is 16.1. The maximum atomic E-state index is 14.0. The lowest BCUT2D eigenvalue weighted by atomic mass is 9.99. The van der Waals surface area contributed by atoms with Gasteiger partial charge in [-0.15, -0.1) is 0 Å². The fraction of sp³-hybridized carbons (Fsp3) is 0.280. The number of nitrogens with zero attached hydrogens (tertiary/aromatic N) is 3. The van der Waals surface area contributed by atoms with E-state index < -0.39 is 6.04 Å². The van der Waals surface area contributed by atoms with Crippen LogP contribution in [0.1, 0.15) is 41.5 Å². The average molecular weight is 454 g/mol. The average Bonchev–Trinajstić information content (AvgIpc) is 3.25. The molecule has 1 aromatic heterocycles. The van der Waals surface area contributed by atoms with Gasteiger partial charge in [0, 0.05) is 41.6 Å². The Hall–Kier alpha value is -3.12. The van der Waals surface area contributed by atoms with Crippen LogP contribution in [0.25, 0.3) is 0 Å². The molecular formula is C25H25ClFN3O2. The highest BCUT2D eigenvalue weighted by Gasteiger charge is 2.34. The van der Waals surface area contributed by atoms with Crippen LogP contribution in [0.3, 0.4) is 0 Å². The van der Waals surface area contributed by atoms with E-state index in [1.54, 1.807) is 40.1 Å². The maximum absolute atomic E-state index is 14.0. The first-order chi connectivity index (χ1) is 15.3. The third-order valence-electron chi connectivity index (χ3n) is 5.78. The van der Waals surface area contributed by atoms with Crippen molar-refractivity contribution in [3.05, 3.63) is 94.5 Å². The smallest absolute Gasteiger partial charge is 0.254 e. The maximum Gasteiger partial charge on any atom is 0.254 e. The third kappa shape index (κ3) is 4.41. The predicted octanol–water partition coefficient (Wildman–Crippen LogP) is 4.76. The molecule has 0 N–H and O–H groups in total. The van der Waals surface area contributed by atoms with Crippen molar-refractivity contribution < 1.29 is 14.0 Å². The highest BCUT2D eigenvalue weighted by atomic mass is 35.5. The summed E-state index contributed by atoms with van der Waals surface area (Å²) in [7, 11) is 0. The SMILES string of the molecule is CC(C)N(CC(=O)N1CCn2cccc2C1c1cccc(F)c1)C(=O)c1cccc(Cl)c1. The van der Waals surface area contributed by atoms with Gasteiger partial charge in [0.15, 0.2) is 0 Å². The van der Waals surface area contributed by atoms with Crippen LogP contribution < -0.4 is 0 Å². The zero-order valence-electron chi connectivity index (χ0n) is 18.0. The van der Waals surface area contributed by atoms with Gasteiger partial charge in [-0.3, -0.25) is 9.59 Å². The van der Waals surface area contributed by atoms with Crippen LogP contribution in [0, 0.1) is 5.82 Å². The standard InChI is InChI=1S/C25H25ClFN3O2/c1-17(2)30(25(32)19-7-3-8-20(26)14-19)16-23(31)29-13-12-28-11-5-10-22(28)24(29)18-6-4-9-21(27)15-18/h3-11,14-15,17,24H,12-13,16H2,1-2H3. The molecule has 3 aromatic rings. The van der Waals surface area contributed by atoms with Gasteiger partial charge in [-0.05, 0) is 61.9 Å². The summed E-state index contributed by atoms with van der Waals surface area (Å²) in [6.07, 6.45) is 1.96. The number of rotatable bonds is 5. The van der Waals surface area contributed by atoms with Crippen molar-refractivity contribution in [1.82, 2.24) is 14.4 Å². The lowest BCUT2D eigenvalue weighted by molar-refractivity contribution is -0.135. The Morgan fingerprint density at radius 2 is 1.88 bits per heavy atom. The Labute approximate surface area is 192 Å². The second-order valence-corrected chi connectivity index (χ2v) is 8.64. The van der Waals surface area contributed by atoms with Crippen LogP contribution in [-0.2, 0) is 11.3 Å². The van der Waals surface area contributed by atoms with Crippen LogP contribution >= 0.6 is 11.6 Å². The van der Waals surface area contributed by atoms with Crippen LogP contribution in [0.4, 0.5) is 4.39 Å². The molecule has 166 valence electrons. The molecule has 4 rings (SSSR count). The Morgan fingerprint density at radius 1 is 1.09 bits per heavy atom. The summed E-state index contributed by atoms with van der Waals surface area (Å²) in [6, 6.07) is 16.3. The largest absolute Gasteiger partial charge is 0.348 e. The number of fused-ring (bicyclic) bond motifs is 1. The highest BCUT2D eigenvalue weighted by molar-refractivity contribution is 6.31. The van der Waals surface area contributed by atoms with Crippen molar-refractivity contribution in [2.75, 3.05) is 13.1 Å². The molecule has 0 radical (unpaired) electrons. The van der Waals surface area contributed by atoms with Gasteiger partial charge in [-0.1, -0.05) is 29.8 Å². The van der Waals surface area contributed by atoms with Crippen molar-refractivity contribution in [3.63, 3.8) is 0 Å². The second kappa shape index (κ2) is 9.17. The number of amides is 2. The normalized spacial score (nSPS) is 15.5. The molecule has 2 heterocycles. The molecule has 5 nitrogen and oxygen atoms in total. The van der Waals surface area contributed by atoms with E-state index in [0.717, 1.165) is 5.69 Å². The zero-order chi connectivity index (χ0) is 22.8. The number of benzene rings is 2. The van der Waals surface area contributed by atoms with E-state index in [4.69, 9.17) is 11.6 Å². The molecular weight excluding hydrogens is 429 g/mol. The van der Waals surface area contributed by atoms with Crippen LogP contribution in [0.15, 0.2) is 66.9 Å². The number of carbonyl (C=O) groups is 2. The summed E-state index contributed by atoms with van der Waals surface area (Å²) in [4.78, 5) is 30.0. The van der Waals surface area contributed by atoms with E-state index in [2.05, 4.69) is 4.57 Å². The second-order valence-electron chi connectivity index (χ2n) is 8.21. The van der Waals surface area contributed by atoms with Crippen molar-refractivity contribution in [1.29, 1.82) is 0 Å². The minimum Gasteiger partial charge on any atom is -0.348 e. The monoisotopic (exact) mass is 453 g/mol. The molecule has 1 aliphatic heterocycles. The summed E-state index contributed by atoms with van der Waals surface area (Å²) in [5.41, 5.74) is 2.07. The molecule has 32 heavy (non-hydrogen) atoms. The van der Waals surface area contributed by atoms with Gasteiger partial charge in [0.05, 0.1) is 6.04 Å². The quantitative estimate of drug-likeness (QED) is 0.559. The first kappa shape index (κ1) is 22.1. The van der Waals surface area contributed by atoms with Crippen molar-refractivity contribution in [3.8, 4) is 0 Å². The molecule has 1 unspecified atom stereocenters. The van der Waals surface area contributed by atoms with E-state index in [1.807, 2.05) is 38.2 Å². The number of hydrogen-bond donors (Lipinski definition) is 0. The van der Waals surface area contributed by atoms with E-state index in [9.17, 15) is 14.0 Å². The first-order valence-electron chi connectivity index (χ1n) is 10.6. The molecule has 1 atom stereocenters. The van der Waals surface area contributed by atoms with E-state index in [-0.39, 0.29) is 30.2 Å². The molecule has 1 aliphatic rings. The summed E-state index contributed by atoms with van der Waals surface area (Å²) >= 11 is 6.06.